The fraction of sp³-hybridized carbons (Fsp3) is 0.505. The van der Waals surface area contributed by atoms with E-state index in [0.29, 0.717) is 53.4 Å². The number of hydrogen-bond donors (Lipinski definition) is 22. The number of phenolic OH excluding ortho intramolecular Hbond substituents is 1. The van der Waals surface area contributed by atoms with E-state index in [0.717, 1.165) is 41.9 Å². The number of amides is 18. The number of phenols is 1. The van der Waals surface area contributed by atoms with Crippen molar-refractivity contribution in [2.24, 2.45) is 52.2 Å². The predicted molar refractivity (Wildman–Crippen MR) is 529 cm³/mol. The molecule has 28 N–H and O–H groups in total. The number of carbonyl (C=O) groups is 19. The van der Waals surface area contributed by atoms with Crippen molar-refractivity contribution in [1.29, 1.82) is 0 Å². The van der Waals surface area contributed by atoms with E-state index in [2.05, 4.69) is 74.4 Å². The lowest BCUT2D eigenvalue weighted by molar-refractivity contribution is -0.143. The van der Waals surface area contributed by atoms with Crippen LogP contribution in [0.5, 0.6) is 5.75 Å². The Morgan fingerprint density at radius 3 is 1.46 bits per heavy atom. The van der Waals surface area contributed by atoms with Gasteiger partial charge in [-0.05, 0) is 148 Å². The predicted octanol–water partition coefficient (Wildman–Crippen LogP) is -0.672. The molecule has 16 atom stereocenters. The van der Waals surface area contributed by atoms with Crippen LogP contribution in [-0.2, 0) is 123 Å². The first-order valence-corrected chi connectivity index (χ1v) is 49.2. The number of thioether (sulfide) groups is 1. The van der Waals surface area contributed by atoms with Gasteiger partial charge in [-0.1, -0.05) is 175 Å². The Hall–Kier alpha value is -14.1. The molecule has 1 saturated carbocycles. The van der Waals surface area contributed by atoms with E-state index < -0.39 is 289 Å². The number of alkyl halides is 3. The van der Waals surface area contributed by atoms with Gasteiger partial charge in [-0.3, -0.25) is 91.1 Å². The van der Waals surface area contributed by atoms with E-state index in [-0.39, 0.29) is 80.3 Å². The van der Waals surface area contributed by atoms with Gasteiger partial charge >= 0.3 is 12.1 Å². The molecule has 5 aromatic carbocycles. The fourth-order valence-corrected chi connectivity index (χ4v) is 17.2. The summed E-state index contributed by atoms with van der Waals surface area (Å²) >= 11 is 0.628. The number of aryl methyl sites for hydroxylation is 1. The molecule has 1 heterocycles. The molecule has 0 spiro atoms. The largest absolute Gasteiger partial charge is 0.508 e. The van der Waals surface area contributed by atoms with Gasteiger partial charge < -0.3 is 124 Å². The number of likely N-dealkylation sites (N-methyl/N-ethyl adjacent to an activating group) is 1. The normalized spacial score (nSPS) is 23.5. The number of nitrogens with one attached hydrogen (secondary N) is 14. The van der Waals surface area contributed by atoms with Crippen LogP contribution in [-0.4, -0.2) is 256 Å². The third-order valence-electron chi connectivity index (χ3n) is 24.6. The minimum atomic E-state index is -5.01. The molecule has 2 aliphatic rings. The van der Waals surface area contributed by atoms with Crippen LogP contribution in [0.25, 0.3) is 11.1 Å². The summed E-state index contributed by atoms with van der Waals surface area (Å²) in [5.41, 5.74) is 36.3. The first-order chi connectivity index (χ1) is 68.6. The van der Waals surface area contributed by atoms with Crippen molar-refractivity contribution >= 4 is 124 Å². The highest BCUT2D eigenvalue weighted by Gasteiger charge is 2.42. The fourth-order valence-electron chi connectivity index (χ4n) is 16.4. The summed E-state index contributed by atoms with van der Waals surface area (Å²) in [5, 5.41) is 56.3. The van der Waals surface area contributed by atoms with Gasteiger partial charge in [0.15, 0.2) is 0 Å². The zero-order valence-corrected chi connectivity index (χ0v) is 82.9. The van der Waals surface area contributed by atoms with Crippen LogP contribution in [0.2, 0.25) is 0 Å². The van der Waals surface area contributed by atoms with Crippen molar-refractivity contribution in [2.45, 2.75) is 266 Å². The van der Waals surface area contributed by atoms with Crippen molar-refractivity contribution in [1.82, 2.24) is 79.3 Å². The molecule has 1 saturated heterocycles. The lowest BCUT2D eigenvalue weighted by Crippen LogP contribution is -2.62. The minimum absolute atomic E-state index is 0.00108. The third kappa shape index (κ3) is 39.1. The highest BCUT2D eigenvalue weighted by molar-refractivity contribution is 8.00. The Kier molecular flexibility index (Phi) is 47.1. The van der Waals surface area contributed by atoms with Crippen LogP contribution in [0.4, 0.5) is 13.2 Å². The van der Waals surface area contributed by atoms with E-state index >= 15 is 33.6 Å². The number of primary amides is 3. The molecule has 145 heavy (non-hydrogen) atoms. The Bertz CT molecular complexity index is 5300. The summed E-state index contributed by atoms with van der Waals surface area (Å²) < 4.78 is 43.8. The Balaban J connectivity index is 1.37. The molecule has 42 nitrogen and oxygen atoms in total. The van der Waals surface area contributed by atoms with Gasteiger partial charge in [-0.25, -0.2) is 0 Å². The molecule has 1 aliphatic carbocycles. The molecule has 0 radical (unpaired) electrons. The molecule has 790 valence electrons. The van der Waals surface area contributed by atoms with Crippen LogP contribution < -0.4 is 109 Å². The SMILES string of the molecule is CC(C)C[C@H]1NC(=O)[C@H](C)N(C)C(=O)[C@H](CCC(N)=O)NC(=O)[C@H](Cc2ccc(-c3ccccc3)cc2)NC(=O)[C@H](CCc2ccccc2)NC(=O)[C@H](Cc2cccc(C(F)(F)F)c2)NC(=O)[C@H](CC(=O)O)NC(=O)[C@H](Cc2ccc(O)cc2)NC(=O)[C@H]([C@@H](C)N)NC(=O)CSC[C@@H](C(=O)N[C@@H](CCN)C(N)=O)NC(=O)[C@H](CCC(N)=O)NC(=O)[C@H](C(C)C)NC(=O)[C@H](CC2CCCCC2)NC(=O)[C@H](CCN)NC1=O. The van der Waals surface area contributed by atoms with E-state index in [4.69, 9.17) is 34.4 Å². The summed E-state index contributed by atoms with van der Waals surface area (Å²) in [4.78, 5) is 276. The summed E-state index contributed by atoms with van der Waals surface area (Å²) in [6, 6.07) is 5.03. The zero-order chi connectivity index (χ0) is 107. The molecule has 46 heteroatoms. The minimum Gasteiger partial charge on any atom is -0.508 e. The first-order valence-electron chi connectivity index (χ1n) is 48.1. The number of aromatic hydroxyl groups is 1. The van der Waals surface area contributed by atoms with Gasteiger partial charge in [0, 0.05) is 50.9 Å². The smallest absolute Gasteiger partial charge is 0.416 e. The lowest BCUT2D eigenvalue weighted by Gasteiger charge is -2.32. The Morgan fingerprint density at radius 2 is 0.924 bits per heavy atom. The number of carbonyl (C=O) groups excluding carboxylic acids is 18. The van der Waals surface area contributed by atoms with E-state index in [9.17, 15) is 80.9 Å². The number of aliphatic carboxylic acids is 1. The van der Waals surface area contributed by atoms with Gasteiger partial charge in [0.1, 0.15) is 96.4 Å². The second-order valence-corrected chi connectivity index (χ2v) is 38.1. The van der Waals surface area contributed by atoms with Gasteiger partial charge in [0.05, 0.1) is 17.7 Å². The number of carboxylic acid groups (broad SMARTS) is 1. The maximum absolute atomic E-state index is 15.6. The molecule has 0 aromatic heterocycles. The number of halogens is 3. The third-order valence-corrected chi connectivity index (χ3v) is 25.6. The summed E-state index contributed by atoms with van der Waals surface area (Å²) in [7, 11) is 1.17. The topological polar surface area (TPSA) is 693 Å². The van der Waals surface area contributed by atoms with Gasteiger partial charge in [0.2, 0.25) is 106 Å². The average Bonchev–Trinajstić information content (AvgIpc) is 0.822. The lowest BCUT2D eigenvalue weighted by atomic mass is 9.84. The second kappa shape index (κ2) is 58.0. The zero-order valence-electron chi connectivity index (χ0n) is 82.0. The summed E-state index contributed by atoms with van der Waals surface area (Å²) in [6.07, 6.45) is -7.86. The molecule has 1 aliphatic heterocycles. The quantitative estimate of drug-likeness (QED) is 0.0262. The summed E-state index contributed by atoms with van der Waals surface area (Å²) in [5.74, 6) is -24.5. The molecular formula is C99H136F3N21O21S. The van der Waals surface area contributed by atoms with Crippen molar-refractivity contribution in [2.75, 3.05) is 31.6 Å². The number of nitrogens with two attached hydrogens (primary N) is 6. The molecular weight excluding hydrogens is 1910 g/mol. The number of rotatable bonds is 31. The van der Waals surface area contributed by atoms with E-state index in [1.54, 1.807) is 86.6 Å². The summed E-state index contributed by atoms with van der Waals surface area (Å²) in [6.45, 7) is 8.58. The van der Waals surface area contributed by atoms with Gasteiger partial charge in [-0.15, -0.1) is 11.8 Å². The van der Waals surface area contributed by atoms with Gasteiger partial charge in [0.25, 0.3) is 0 Å². The van der Waals surface area contributed by atoms with Gasteiger partial charge in [-0.2, -0.15) is 13.2 Å². The van der Waals surface area contributed by atoms with Crippen molar-refractivity contribution in [3.63, 3.8) is 0 Å². The molecule has 0 bridgehead atoms. The highest BCUT2D eigenvalue weighted by Crippen LogP contribution is 2.32. The second-order valence-electron chi connectivity index (χ2n) is 37.1. The average molecular weight is 2050 g/mol. The molecule has 5 aromatic rings. The number of nitrogens with zero attached hydrogens (tertiary/aromatic N) is 1. The molecule has 7 rings (SSSR count). The maximum atomic E-state index is 15.6. The Morgan fingerprint density at radius 1 is 0.476 bits per heavy atom. The first kappa shape index (κ1) is 118. The van der Waals surface area contributed by atoms with Crippen molar-refractivity contribution in [3.8, 4) is 16.9 Å². The van der Waals surface area contributed by atoms with E-state index in [1.807, 2.05) is 12.1 Å². The number of carboxylic acids is 1. The molecule has 0 unspecified atom stereocenters. The monoisotopic (exact) mass is 2040 g/mol. The Labute approximate surface area is 842 Å². The number of hydrogen-bond acceptors (Lipinski definition) is 24. The standard InChI is InChI=1S/C99H136F3N21O21S/c1-53(2)44-71-89(135)111-69(41-43-104)88(134)116-74(46-58-20-13-9-14-21-58)94(140)122-82(54(3)4)96(142)112-68(36-38-78(106)125)87(133)120-77(95(141)109-66(40-42-103)84(108)130)51-145-52-80(127)121-83(55(5)105)97(143)119-73(48-60-28-33-65(124)34-29-60)92(138)118-76(50-81(128)129)93(139)117-75(49-61-22-17-25-64(45-61)99(100,101)102)90(136)110-67(35-30-57-18-11-8-12-19-57)86(132)115-72(47-59-26-31-63(32-27-59)62-23-15-10-16-24-62)91(137)113-70(37-39-79(107)126)98(144)123(7)56(6)85(131)114-71/h8,10-12,15-19,22-29,31-34,45,53-56,58,66-77,82-83,124H,9,13-14,20-21,30,35-44,46-52,103-105H2,1-7H3,(H2,106,125)(H2,107,126)(H2,108,130)(H,109,141)(H,110,136)(H,111,135)(H,112,142)(H,113,137)(H,114,131)(H,115,132)(H,116,134)(H,117,139)(H,118,138)(H,119,143)(H,120,133)(H,121,127)(H,122,140)(H,128,129)/t55-,56+,66+,67+,68+,69+,70+,71-,72+,73+,74+,75+,76+,77+,82+,83+/m1/s1. The van der Waals surface area contributed by atoms with Crippen molar-refractivity contribution < 1.29 is 114 Å². The number of benzene rings is 5. The van der Waals surface area contributed by atoms with Crippen LogP contribution >= 0.6 is 11.8 Å². The van der Waals surface area contributed by atoms with Crippen molar-refractivity contribution in [3.05, 3.63) is 161 Å². The van der Waals surface area contributed by atoms with Crippen LogP contribution in [0.1, 0.15) is 166 Å². The van der Waals surface area contributed by atoms with E-state index in [1.165, 1.54) is 59.0 Å². The maximum Gasteiger partial charge on any atom is 0.416 e. The van der Waals surface area contributed by atoms with Crippen LogP contribution in [0.15, 0.2) is 133 Å². The highest BCUT2D eigenvalue weighted by atomic mass is 32.2. The molecule has 2 fully saturated rings. The van der Waals surface area contributed by atoms with Crippen LogP contribution in [0.3, 0.4) is 0 Å². The van der Waals surface area contributed by atoms with Crippen LogP contribution in [0, 0.1) is 17.8 Å². The molecule has 18 amide bonds.